The van der Waals surface area contributed by atoms with Crippen LogP contribution in [0.15, 0.2) is 49.1 Å². The Morgan fingerprint density at radius 3 is 2.23 bits per heavy atom. The topological polar surface area (TPSA) is 66.4 Å². The molecule has 138 valence electrons. The van der Waals surface area contributed by atoms with Gasteiger partial charge in [-0.15, -0.1) is 11.3 Å². The molecule has 26 heavy (non-hydrogen) atoms. The third-order valence-corrected chi connectivity index (χ3v) is 4.35. The highest BCUT2D eigenvalue weighted by atomic mass is 32.1. The highest BCUT2D eigenvalue weighted by Crippen LogP contribution is 2.27. The summed E-state index contributed by atoms with van der Waals surface area (Å²) < 4.78 is 0. The fraction of sp³-hybridized carbons (Fsp3) is 0.238. The molecule has 5 heteroatoms. The molecule has 0 saturated carbocycles. The van der Waals surface area contributed by atoms with E-state index in [9.17, 15) is 9.59 Å². The van der Waals surface area contributed by atoms with Gasteiger partial charge < -0.3 is 10.4 Å². The molecule has 0 fully saturated rings. The van der Waals surface area contributed by atoms with Crippen LogP contribution >= 0.6 is 11.3 Å². The molecule has 0 radical (unpaired) electrons. The lowest BCUT2D eigenvalue weighted by Gasteiger charge is -2.12. The van der Waals surface area contributed by atoms with E-state index in [4.69, 9.17) is 5.11 Å². The molecule has 0 aliphatic rings. The van der Waals surface area contributed by atoms with Crippen LogP contribution in [0.1, 0.15) is 52.9 Å². The molecule has 2 N–H and O–H groups in total. The van der Waals surface area contributed by atoms with Gasteiger partial charge in [0.15, 0.2) is 0 Å². The smallest absolute Gasteiger partial charge is 0.345 e. The van der Waals surface area contributed by atoms with E-state index in [0.29, 0.717) is 11.3 Å². The molecule has 0 spiro atoms. The molecule has 1 amide bonds. The van der Waals surface area contributed by atoms with Gasteiger partial charge in [-0.05, 0) is 36.3 Å². The predicted octanol–water partition coefficient (Wildman–Crippen LogP) is 5.36. The van der Waals surface area contributed by atoms with Gasteiger partial charge in [0.05, 0.1) is 0 Å². The molecular formula is C21H25NO3S. The van der Waals surface area contributed by atoms with Crippen LogP contribution in [0.25, 0.3) is 11.3 Å². The van der Waals surface area contributed by atoms with Gasteiger partial charge in [-0.3, -0.25) is 4.79 Å². The van der Waals surface area contributed by atoms with Crippen LogP contribution < -0.4 is 5.32 Å². The zero-order chi connectivity index (χ0) is 19.7. The van der Waals surface area contributed by atoms with E-state index >= 15 is 0 Å². The van der Waals surface area contributed by atoms with Crippen molar-refractivity contribution in [3.05, 3.63) is 69.9 Å². The summed E-state index contributed by atoms with van der Waals surface area (Å²) in [6, 6.07) is 11.0. The molecule has 1 heterocycles. The van der Waals surface area contributed by atoms with Crippen molar-refractivity contribution in [1.29, 1.82) is 0 Å². The Bertz CT molecular complexity index is 818. The van der Waals surface area contributed by atoms with Crippen molar-refractivity contribution in [1.82, 2.24) is 5.32 Å². The van der Waals surface area contributed by atoms with Gasteiger partial charge in [0.2, 0.25) is 5.91 Å². The predicted molar refractivity (Wildman–Crippen MR) is 109 cm³/mol. The quantitative estimate of drug-likeness (QED) is 0.695. The maximum Gasteiger partial charge on any atom is 0.345 e. The summed E-state index contributed by atoms with van der Waals surface area (Å²) >= 11 is 1.15. The summed E-state index contributed by atoms with van der Waals surface area (Å²) in [6.45, 7) is 11.6. The van der Waals surface area contributed by atoms with Crippen LogP contribution in [0.3, 0.4) is 0 Å². The Morgan fingerprint density at radius 2 is 1.73 bits per heavy atom. The Morgan fingerprint density at radius 1 is 1.15 bits per heavy atom. The van der Waals surface area contributed by atoms with E-state index in [-0.39, 0.29) is 10.8 Å². The summed E-state index contributed by atoms with van der Waals surface area (Å²) in [4.78, 5) is 23.5. The Hall–Kier alpha value is -2.66. The van der Waals surface area contributed by atoms with Gasteiger partial charge in [-0.25, -0.2) is 4.79 Å². The lowest BCUT2D eigenvalue weighted by atomic mass is 10.0. The molecule has 1 aromatic heterocycles. The molecule has 0 bridgehead atoms. The average Bonchev–Trinajstić information content (AvgIpc) is 3.05. The highest BCUT2D eigenvalue weighted by Gasteiger charge is 2.11. The van der Waals surface area contributed by atoms with Crippen molar-refractivity contribution >= 4 is 34.5 Å². The molecule has 1 aromatic carbocycles. The number of hydrogen-bond acceptors (Lipinski definition) is 3. The molecule has 2 rings (SSSR count). The summed E-state index contributed by atoms with van der Waals surface area (Å²) in [5.41, 5.74) is 3.22. The number of allylic oxidation sites excluding steroid dienone is 2. The number of thiophene rings is 1. The minimum atomic E-state index is -0.959. The Kier molecular flexibility index (Phi) is 8.52. The van der Waals surface area contributed by atoms with Crippen LogP contribution in [-0.4, -0.2) is 17.0 Å². The van der Waals surface area contributed by atoms with Crippen LogP contribution in [0.5, 0.6) is 0 Å². The summed E-state index contributed by atoms with van der Waals surface area (Å²) in [6.07, 6.45) is 3.02. The van der Waals surface area contributed by atoms with Gasteiger partial charge in [-0.1, -0.05) is 51.1 Å². The van der Waals surface area contributed by atoms with Gasteiger partial charge in [0.1, 0.15) is 4.88 Å². The lowest BCUT2D eigenvalue weighted by molar-refractivity contribution is -0.117. The molecule has 0 aliphatic carbocycles. The third-order valence-electron chi connectivity index (χ3n) is 3.20. The van der Waals surface area contributed by atoms with Crippen molar-refractivity contribution in [2.24, 2.45) is 0 Å². The number of carboxylic acids is 1. The van der Waals surface area contributed by atoms with Crippen molar-refractivity contribution in [3.63, 3.8) is 0 Å². The van der Waals surface area contributed by atoms with E-state index in [1.54, 1.807) is 18.2 Å². The van der Waals surface area contributed by atoms with Crippen LogP contribution in [-0.2, 0) is 4.79 Å². The first-order valence-corrected chi connectivity index (χ1v) is 9.19. The van der Waals surface area contributed by atoms with Gasteiger partial charge >= 0.3 is 5.97 Å². The zero-order valence-electron chi connectivity index (χ0n) is 15.6. The standard InChI is InChI=1S/C18H17NO3S.C3H8/c1-11-6-4-5-7-14(11)15(19-13(3)20)10-12(2)16-8-9-17(23-16)18(21)22;1-3-2/h4-10H,2H2,1,3H3,(H,19,20)(H,21,22);3H2,1-2H3/b15-10-;. The Balaban J connectivity index is 0.00000105. The highest BCUT2D eigenvalue weighted by molar-refractivity contribution is 7.15. The van der Waals surface area contributed by atoms with E-state index in [1.807, 2.05) is 31.2 Å². The monoisotopic (exact) mass is 371 g/mol. The first-order valence-electron chi connectivity index (χ1n) is 8.37. The number of carbonyl (C=O) groups excluding carboxylic acids is 1. The second kappa shape index (κ2) is 10.4. The van der Waals surface area contributed by atoms with E-state index in [0.717, 1.165) is 27.3 Å². The van der Waals surface area contributed by atoms with Gasteiger partial charge in [0, 0.05) is 23.1 Å². The molecule has 2 aromatic rings. The maximum absolute atomic E-state index is 11.5. The summed E-state index contributed by atoms with van der Waals surface area (Å²) in [5.74, 6) is -1.14. The number of aromatic carboxylic acids is 1. The van der Waals surface area contributed by atoms with E-state index in [1.165, 1.54) is 13.3 Å². The zero-order valence-corrected chi connectivity index (χ0v) is 16.4. The fourth-order valence-electron chi connectivity index (χ4n) is 2.12. The molecule has 4 nitrogen and oxygen atoms in total. The number of benzene rings is 1. The Labute approximate surface area is 158 Å². The van der Waals surface area contributed by atoms with E-state index < -0.39 is 5.97 Å². The number of amides is 1. The minimum Gasteiger partial charge on any atom is -0.477 e. The van der Waals surface area contributed by atoms with Gasteiger partial charge in [-0.2, -0.15) is 0 Å². The average molecular weight is 372 g/mol. The summed E-state index contributed by atoms with van der Waals surface area (Å²) in [5, 5.41) is 11.8. The third kappa shape index (κ3) is 6.33. The number of rotatable bonds is 5. The minimum absolute atomic E-state index is 0.176. The number of hydrogen-bond donors (Lipinski definition) is 2. The maximum atomic E-state index is 11.5. The van der Waals surface area contributed by atoms with Crippen molar-refractivity contribution in [2.45, 2.75) is 34.1 Å². The van der Waals surface area contributed by atoms with Crippen LogP contribution in [0.4, 0.5) is 0 Å². The molecule has 0 unspecified atom stereocenters. The second-order valence-corrected chi connectivity index (χ2v) is 6.84. The van der Waals surface area contributed by atoms with Gasteiger partial charge in [0.25, 0.3) is 0 Å². The first-order chi connectivity index (χ1) is 12.3. The number of aryl methyl sites for hydroxylation is 1. The normalized spacial score (nSPS) is 10.5. The fourth-order valence-corrected chi connectivity index (χ4v) is 2.90. The summed E-state index contributed by atoms with van der Waals surface area (Å²) in [7, 11) is 0. The first kappa shape index (κ1) is 21.4. The molecule has 0 saturated heterocycles. The second-order valence-electron chi connectivity index (χ2n) is 5.76. The van der Waals surface area contributed by atoms with Crippen molar-refractivity contribution in [2.75, 3.05) is 0 Å². The molecule has 0 atom stereocenters. The van der Waals surface area contributed by atoms with Crippen LogP contribution in [0.2, 0.25) is 0 Å². The molecule has 0 aliphatic heterocycles. The van der Waals surface area contributed by atoms with E-state index in [2.05, 4.69) is 25.7 Å². The largest absolute Gasteiger partial charge is 0.477 e. The number of carbonyl (C=O) groups is 2. The number of carboxylic acid groups (broad SMARTS) is 1. The molecular weight excluding hydrogens is 346 g/mol. The van der Waals surface area contributed by atoms with Crippen LogP contribution in [0, 0.1) is 6.92 Å². The SMILES string of the molecule is C=C(/C=C(\NC(C)=O)c1ccccc1C)c1ccc(C(=O)O)s1.CCC. The number of nitrogens with one attached hydrogen (secondary N) is 1. The van der Waals surface area contributed by atoms with Crippen molar-refractivity contribution in [3.8, 4) is 0 Å². The lowest BCUT2D eigenvalue weighted by Crippen LogP contribution is -2.18. The van der Waals surface area contributed by atoms with Crippen molar-refractivity contribution < 1.29 is 14.7 Å².